The summed E-state index contributed by atoms with van der Waals surface area (Å²) in [5, 5.41) is 7.76. The van der Waals surface area contributed by atoms with E-state index in [1.54, 1.807) is 0 Å². The molecule has 0 spiro atoms. The van der Waals surface area contributed by atoms with E-state index in [0.717, 1.165) is 18.5 Å². The minimum Gasteiger partial charge on any atom is -0.310 e. The molecule has 1 heterocycles. The highest BCUT2D eigenvalue weighted by atomic mass is 32.1. The molecular formula is C49H37NS. The van der Waals surface area contributed by atoms with E-state index in [0.29, 0.717) is 0 Å². The van der Waals surface area contributed by atoms with E-state index >= 15 is 0 Å². The van der Waals surface area contributed by atoms with E-state index in [9.17, 15) is 0 Å². The summed E-state index contributed by atoms with van der Waals surface area (Å²) in [6.07, 6.45) is 2.13. The van der Waals surface area contributed by atoms with Crippen molar-refractivity contribution in [1.29, 1.82) is 0 Å². The van der Waals surface area contributed by atoms with E-state index in [2.05, 4.69) is 183 Å². The van der Waals surface area contributed by atoms with E-state index in [4.69, 9.17) is 0 Å². The van der Waals surface area contributed by atoms with Crippen LogP contribution in [0, 0.1) is 0 Å². The van der Waals surface area contributed by atoms with Crippen molar-refractivity contribution in [2.45, 2.75) is 32.1 Å². The average Bonchev–Trinajstić information content (AvgIpc) is 3.72. The molecule has 0 saturated heterocycles. The van der Waals surface area contributed by atoms with Crippen LogP contribution in [-0.4, -0.2) is 0 Å². The van der Waals surface area contributed by atoms with Crippen molar-refractivity contribution in [2.24, 2.45) is 0 Å². The van der Waals surface area contributed by atoms with Gasteiger partial charge in [-0.1, -0.05) is 141 Å². The van der Waals surface area contributed by atoms with Gasteiger partial charge in [-0.15, -0.1) is 11.3 Å². The first-order valence-corrected chi connectivity index (χ1v) is 19.0. The minimum absolute atomic E-state index is 0.00613. The quantitative estimate of drug-likeness (QED) is 0.170. The molecule has 9 aromatic rings. The maximum absolute atomic E-state index is 2.50. The highest BCUT2D eigenvalue weighted by Crippen LogP contribution is 2.54. The number of hydrogen-bond donors (Lipinski definition) is 0. The first-order chi connectivity index (χ1) is 25.2. The monoisotopic (exact) mass is 671 g/mol. The molecule has 0 atom stereocenters. The molecule has 8 aromatic carbocycles. The Bertz CT molecular complexity index is 2780. The summed E-state index contributed by atoms with van der Waals surface area (Å²) in [6, 6.07) is 61.1. The van der Waals surface area contributed by atoms with Crippen LogP contribution in [0.2, 0.25) is 0 Å². The Morgan fingerprint density at radius 1 is 0.471 bits per heavy atom. The summed E-state index contributed by atoms with van der Waals surface area (Å²) >= 11 is 1.90. The molecular weight excluding hydrogens is 635 g/mol. The molecule has 244 valence electrons. The molecule has 0 radical (unpaired) electrons. The molecule has 0 aliphatic heterocycles. The Morgan fingerprint density at radius 2 is 1.10 bits per heavy atom. The van der Waals surface area contributed by atoms with Crippen LogP contribution >= 0.6 is 11.3 Å². The van der Waals surface area contributed by atoms with Gasteiger partial charge in [-0.05, 0) is 93.4 Å². The van der Waals surface area contributed by atoms with E-state index in [1.807, 2.05) is 11.3 Å². The summed E-state index contributed by atoms with van der Waals surface area (Å²) in [5.41, 5.74) is 11.7. The van der Waals surface area contributed by atoms with Gasteiger partial charge in [-0.2, -0.15) is 0 Å². The van der Waals surface area contributed by atoms with Crippen LogP contribution in [0.3, 0.4) is 0 Å². The zero-order chi connectivity index (χ0) is 34.1. The van der Waals surface area contributed by atoms with Crippen molar-refractivity contribution in [2.75, 3.05) is 4.90 Å². The van der Waals surface area contributed by atoms with Crippen molar-refractivity contribution in [1.82, 2.24) is 0 Å². The summed E-state index contributed by atoms with van der Waals surface area (Å²) in [7, 11) is 0. The highest BCUT2D eigenvalue weighted by Gasteiger charge is 2.40. The standard InChI is InChI=1S/C49H37NS/c1-3-49(4-2)44-20-9-7-16-38(44)39-28-27-35(31-45(39)49)50(34-25-23-33(24-26-34)37-18-11-14-32-13-5-6-15-36(32)37)46-21-12-19-42-40(46)29-30-43-41-17-8-10-22-47(41)51-48(42)43/h5-31H,3-4H2,1-2H3. The molecule has 0 unspecified atom stereocenters. The zero-order valence-electron chi connectivity index (χ0n) is 28.9. The van der Waals surface area contributed by atoms with Gasteiger partial charge in [-0.3, -0.25) is 0 Å². The first kappa shape index (κ1) is 30.2. The first-order valence-electron chi connectivity index (χ1n) is 18.1. The largest absolute Gasteiger partial charge is 0.310 e. The van der Waals surface area contributed by atoms with Crippen molar-refractivity contribution in [3.05, 3.63) is 175 Å². The van der Waals surface area contributed by atoms with Crippen LogP contribution in [0.15, 0.2) is 164 Å². The molecule has 1 aromatic heterocycles. The van der Waals surface area contributed by atoms with Crippen LogP contribution in [0.1, 0.15) is 37.8 Å². The Morgan fingerprint density at radius 3 is 1.96 bits per heavy atom. The number of nitrogens with zero attached hydrogens (tertiary/aromatic N) is 1. The van der Waals surface area contributed by atoms with Gasteiger partial charge in [-0.25, -0.2) is 0 Å². The lowest BCUT2D eigenvalue weighted by molar-refractivity contribution is 0.490. The van der Waals surface area contributed by atoms with Gasteiger partial charge in [0.25, 0.3) is 0 Å². The number of rotatable bonds is 6. The van der Waals surface area contributed by atoms with Crippen LogP contribution in [0.5, 0.6) is 0 Å². The van der Waals surface area contributed by atoms with Crippen LogP contribution in [-0.2, 0) is 5.41 Å². The van der Waals surface area contributed by atoms with Crippen molar-refractivity contribution in [3.63, 3.8) is 0 Å². The lowest BCUT2D eigenvalue weighted by atomic mass is 9.74. The highest BCUT2D eigenvalue weighted by molar-refractivity contribution is 7.26. The average molecular weight is 672 g/mol. The predicted molar refractivity (Wildman–Crippen MR) is 221 cm³/mol. The fourth-order valence-electron chi connectivity index (χ4n) is 9.01. The number of hydrogen-bond acceptors (Lipinski definition) is 2. The molecule has 0 amide bonds. The second-order valence-corrected chi connectivity index (χ2v) is 14.9. The zero-order valence-corrected chi connectivity index (χ0v) is 29.7. The molecule has 1 aliphatic carbocycles. The summed E-state index contributed by atoms with van der Waals surface area (Å²) in [6.45, 7) is 4.71. The summed E-state index contributed by atoms with van der Waals surface area (Å²) in [5.74, 6) is 0. The van der Waals surface area contributed by atoms with Crippen LogP contribution in [0.25, 0.3) is 64.0 Å². The van der Waals surface area contributed by atoms with Crippen molar-refractivity contribution < 1.29 is 0 Å². The fourth-order valence-corrected chi connectivity index (χ4v) is 10.2. The molecule has 2 heteroatoms. The Labute approximate surface area is 303 Å². The van der Waals surface area contributed by atoms with Gasteiger partial charge in [0.2, 0.25) is 0 Å². The van der Waals surface area contributed by atoms with Gasteiger partial charge < -0.3 is 4.90 Å². The topological polar surface area (TPSA) is 3.24 Å². The number of benzene rings is 8. The Kier molecular flexibility index (Phi) is 6.91. The Balaban J connectivity index is 1.20. The molecule has 1 nitrogen and oxygen atoms in total. The third-order valence-electron chi connectivity index (χ3n) is 11.6. The molecule has 51 heavy (non-hydrogen) atoms. The normalized spacial score (nSPS) is 13.2. The SMILES string of the molecule is CCC1(CC)c2ccccc2-c2ccc(N(c3ccc(-c4cccc5ccccc45)cc3)c3cccc4c3ccc3c5ccccc5sc43)cc21. The molecule has 10 rings (SSSR count). The second-order valence-electron chi connectivity index (χ2n) is 13.9. The van der Waals surface area contributed by atoms with Gasteiger partial charge in [0.1, 0.15) is 0 Å². The smallest absolute Gasteiger partial charge is 0.0540 e. The van der Waals surface area contributed by atoms with E-state index < -0.39 is 0 Å². The van der Waals surface area contributed by atoms with Crippen molar-refractivity contribution >= 4 is 70.1 Å². The maximum atomic E-state index is 2.50. The molecule has 0 fully saturated rings. The lowest BCUT2D eigenvalue weighted by Crippen LogP contribution is -2.23. The maximum Gasteiger partial charge on any atom is 0.0540 e. The van der Waals surface area contributed by atoms with Crippen molar-refractivity contribution in [3.8, 4) is 22.3 Å². The summed E-state index contributed by atoms with van der Waals surface area (Å²) in [4.78, 5) is 2.49. The summed E-state index contributed by atoms with van der Waals surface area (Å²) < 4.78 is 2.68. The third kappa shape index (κ3) is 4.46. The van der Waals surface area contributed by atoms with Crippen LogP contribution in [0.4, 0.5) is 17.1 Å². The predicted octanol–water partition coefficient (Wildman–Crippen LogP) is 14.6. The third-order valence-corrected chi connectivity index (χ3v) is 12.8. The second kappa shape index (κ2) is 11.7. The number of thiophene rings is 1. The molecule has 1 aliphatic rings. The Hall–Kier alpha value is -5.70. The molecule has 0 saturated carbocycles. The lowest BCUT2D eigenvalue weighted by Gasteiger charge is -2.32. The minimum atomic E-state index is -0.00613. The molecule has 0 N–H and O–H groups in total. The molecule has 0 bridgehead atoms. The van der Waals surface area contributed by atoms with Gasteiger partial charge in [0, 0.05) is 47.7 Å². The van der Waals surface area contributed by atoms with Gasteiger partial charge in [0.15, 0.2) is 0 Å². The van der Waals surface area contributed by atoms with Gasteiger partial charge in [0.05, 0.1) is 5.69 Å². The number of fused-ring (bicyclic) bond motifs is 9. The van der Waals surface area contributed by atoms with E-state index in [-0.39, 0.29) is 5.41 Å². The number of anilines is 3. The van der Waals surface area contributed by atoms with Crippen LogP contribution < -0.4 is 4.90 Å². The van der Waals surface area contributed by atoms with Gasteiger partial charge >= 0.3 is 0 Å². The fraction of sp³-hybridized carbons (Fsp3) is 0.102. The van der Waals surface area contributed by atoms with E-state index in [1.165, 1.54) is 86.5 Å².